The highest BCUT2D eigenvalue weighted by Gasteiger charge is 2.30. The van der Waals surface area contributed by atoms with Crippen molar-refractivity contribution in [2.24, 2.45) is 0 Å². The number of aliphatic hydroxyl groups is 1. The number of nitrogens with one attached hydrogen (secondary N) is 1. The molecule has 108 valence electrons. The molecule has 0 aliphatic carbocycles. The van der Waals surface area contributed by atoms with Crippen molar-refractivity contribution in [2.45, 2.75) is 38.0 Å². The molecule has 2 unspecified atom stereocenters. The van der Waals surface area contributed by atoms with Crippen LogP contribution in [-0.2, 0) is 11.4 Å². The van der Waals surface area contributed by atoms with Crippen LogP contribution in [0.25, 0.3) is 0 Å². The number of aliphatic hydroxyl groups excluding tert-OH is 1. The van der Waals surface area contributed by atoms with Gasteiger partial charge in [-0.1, -0.05) is 23.2 Å². The lowest BCUT2D eigenvalue weighted by Gasteiger charge is -2.28. The molecule has 2 atom stereocenters. The average Bonchev–Trinajstić information content (AvgIpc) is 2.30. The summed E-state index contributed by atoms with van der Waals surface area (Å²) in [6.07, 6.45) is 1.83. The smallest absolute Gasteiger partial charge is 0.136 e. The molecule has 0 aliphatic rings. The molecule has 4 nitrogen and oxygen atoms in total. The Morgan fingerprint density at radius 3 is 2.63 bits per heavy atom. The minimum atomic E-state index is -1.27. The zero-order chi connectivity index (χ0) is 14.6. The van der Waals surface area contributed by atoms with Gasteiger partial charge in [0.1, 0.15) is 9.90 Å². The predicted molar refractivity (Wildman–Crippen MR) is 79.7 cm³/mol. The Hall–Kier alpha value is -0.0400. The van der Waals surface area contributed by atoms with Crippen molar-refractivity contribution in [3.63, 3.8) is 0 Å². The fraction of sp³-hybridized carbons (Fsp3) is 0.583. The molecule has 7 heteroatoms. The van der Waals surface area contributed by atoms with Crippen LogP contribution >= 0.6 is 23.2 Å². The summed E-state index contributed by atoms with van der Waals surface area (Å²) >= 11 is 10.7. The summed E-state index contributed by atoms with van der Waals surface area (Å²) in [5.41, 5.74) is 0.640. The lowest BCUT2D eigenvalue weighted by molar-refractivity contribution is 0.272. The number of halogens is 2. The molecule has 0 amide bonds. The molecule has 0 fully saturated rings. The molecule has 0 bridgehead atoms. The summed E-state index contributed by atoms with van der Waals surface area (Å²) in [5, 5.41) is 9.88. The second kappa shape index (κ2) is 7.11. The highest BCUT2D eigenvalue weighted by atomic mass is 35.5. The Kier molecular flexibility index (Phi) is 6.36. The van der Waals surface area contributed by atoms with Crippen LogP contribution in [0, 0.1) is 0 Å². The largest absolute Gasteiger partial charge is 0.598 e. The first-order valence-electron chi connectivity index (χ1n) is 5.85. The Morgan fingerprint density at radius 2 is 2.11 bits per heavy atom. The van der Waals surface area contributed by atoms with Crippen LogP contribution in [0.15, 0.2) is 12.3 Å². The fourth-order valence-corrected chi connectivity index (χ4v) is 2.65. The quantitative estimate of drug-likeness (QED) is 0.645. The van der Waals surface area contributed by atoms with Gasteiger partial charge < -0.3 is 9.66 Å². The van der Waals surface area contributed by atoms with Gasteiger partial charge >= 0.3 is 0 Å². The van der Waals surface area contributed by atoms with Crippen molar-refractivity contribution < 1.29 is 9.66 Å². The molecule has 0 spiro atoms. The van der Waals surface area contributed by atoms with E-state index in [4.69, 9.17) is 28.3 Å². The van der Waals surface area contributed by atoms with E-state index in [1.54, 1.807) is 6.07 Å². The molecule has 0 aromatic carbocycles. The van der Waals surface area contributed by atoms with Crippen molar-refractivity contribution in [2.75, 3.05) is 6.61 Å². The molecule has 2 N–H and O–H groups in total. The maximum Gasteiger partial charge on any atom is 0.136 e. The highest BCUT2D eigenvalue weighted by Crippen LogP contribution is 2.28. The summed E-state index contributed by atoms with van der Waals surface area (Å²) in [5.74, 6) is 0. The summed E-state index contributed by atoms with van der Waals surface area (Å²) in [6.45, 7) is 5.54. The minimum Gasteiger partial charge on any atom is -0.598 e. The SMILES string of the molecule is CC(C)(C)[S+]([O-])NC(CCO)c1cc(Cl)cnc1Cl. The second-order valence-electron chi connectivity index (χ2n) is 5.10. The number of hydrogen-bond donors (Lipinski definition) is 2. The van der Waals surface area contributed by atoms with E-state index in [-0.39, 0.29) is 12.6 Å². The molecule has 0 aliphatic heterocycles. The number of pyridine rings is 1. The molecular formula is C12H18Cl2N2O2S. The molecule has 19 heavy (non-hydrogen) atoms. The van der Waals surface area contributed by atoms with E-state index in [1.807, 2.05) is 20.8 Å². The van der Waals surface area contributed by atoms with Gasteiger partial charge in [-0.2, -0.15) is 0 Å². The van der Waals surface area contributed by atoms with E-state index in [2.05, 4.69) is 9.71 Å². The van der Waals surface area contributed by atoms with E-state index >= 15 is 0 Å². The van der Waals surface area contributed by atoms with Gasteiger partial charge in [0.05, 0.1) is 11.1 Å². The summed E-state index contributed by atoms with van der Waals surface area (Å²) < 4.78 is 14.7. The molecular weight excluding hydrogens is 307 g/mol. The van der Waals surface area contributed by atoms with Crippen LogP contribution in [0.3, 0.4) is 0 Å². The maximum absolute atomic E-state index is 12.1. The van der Waals surface area contributed by atoms with Crippen molar-refractivity contribution in [1.82, 2.24) is 9.71 Å². The third kappa shape index (κ3) is 5.10. The lowest BCUT2D eigenvalue weighted by atomic mass is 10.1. The van der Waals surface area contributed by atoms with Gasteiger partial charge in [-0.15, -0.1) is 4.72 Å². The molecule has 1 rings (SSSR count). The van der Waals surface area contributed by atoms with Crippen LogP contribution in [0.5, 0.6) is 0 Å². The third-order valence-electron chi connectivity index (χ3n) is 2.43. The van der Waals surface area contributed by atoms with Crippen molar-refractivity contribution in [1.29, 1.82) is 0 Å². The van der Waals surface area contributed by atoms with E-state index in [9.17, 15) is 4.55 Å². The van der Waals surface area contributed by atoms with Gasteiger partial charge in [0.25, 0.3) is 0 Å². The molecule has 0 saturated heterocycles. The normalized spacial score (nSPS) is 15.3. The van der Waals surface area contributed by atoms with Crippen LogP contribution in [-0.4, -0.2) is 26.0 Å². The van der Waals surface area contributed by atoms with Gasteiger partial charge in [0.15, 0.2) is 0 Å². The zero-order valence-corrected chi connectivity index (χ0v) is 13.4. The monoisotopic (exact) mass is 324 g/mol. The first-order valence-corrected chi connectivity index (χ1v) is 7.76. The zero-order valence-electron chi connectivity index (χ0n) is 11.1. The van der Waals surface area contributed by atoms with E-state index in [1.165, 1.54) is 6.20 Å². The van der Waals surface area contributed by atoms with E-state index in [0.29, 0.717) is 22.2 Å². The van der Waals surface area contributed by atoms with Crippen LogP contribution in [0.1, 0.15) is 38.8 Å². The third-order valence-corrected chi connectivity index (χ3v) is 4.56. The van der Waals surface area contributed by atoms with E-state index < -0.39 is 16.1 Å². The van der Waals surface area contributed by atoms with Crippen molar-refractivity contribution >= 4 is 34.6 Å². The van der Waals surface area contributed by atoms with Crippen molar-refractivity contribution in [3.8, 4) is 0 Å². The van der Waals surface area contributed by atoms with Crippen LogP contribution in [0.4, 0.5) is 0 Å². The first-order chi connectivity index (χ1) is 8.75. The molecule has 1 aromatic heterocycles. The molecule has 0 radical (unpaired) electrons. The van der Waals surface area contributed by atoms with Crippen LogP contribution < -0.4 is 4.72 Å². The van der Waals surface area contributed by atoms with Crippen molar-refractivity contribution in [3.05, 3.63) is 28.0 Å². The Labute approximate surface area is 126 Å². The maximum atomic E-state index is 12.1. The Morgan fingerprint density at radius 1 is 1.47 bits per heavy atom. The topological polar surface area (TPSA) is 68.2 Å². The molecule has 1 aromatic rings. The average molecular weight is 325 g/mol. The van der Waals surface area contributed by atoms with Gasteiger partial charge in [0.2, 0.25) is 0 Å². The summed E-state index contributed by atoms with van der Waals surface area (Å²) in [6, 6.07) is 1.31. The number of hydrogen-bond acceptors (Lipinski definition) is 4. The number of nitrogens with zero attached hydrogens (tertiary/aromatic N) is 1. The molecule has 1 heterocycles. The van der Waals surface area contributed by atoms with E-state index in [0.717, 1.165) is 0 Å². The van der Waals surface area contributed by atoms with Gasteiger partial charge in [-0.05, 0) is 33.3 Å². The lowest BCUT2D eigenvalue weighted by Crippen LogP contribution is -2.41. The molecule has 0 saturated carbocycles. The second-order valence-corrected chi connectivity index (χ2v) is 7.89. The number of rotatable bonds is 5. The highest BCUT2D eigenvalue weighted by molar-refractivity contribution is 7.90. The summed E-state index contributed by atoms with van der Waals surface area (Å²) in [4.78, 5) is 3.96. The first kappa shape index (κ1) is 17.0. The fourth-order valence-electron chi connectivity index (χ4n) is 1.40. The van der Waals surface area contributed by atoms with Gasteiger partial charge in [0, 0.05) is 29.7 Å². The number of aromatic nitrogens is 1. The summed E-state index contributed by atoms with van der Waals surface area (Å²) in [7, 11) is 0. The Bertz CT molecular complexity index is 427. The van der Waals surface area contributed by atoms with Gasteiger partial charge in [-0.3, -0.25) is 0 Å². The standard InChI is InChI=1S/C12H18Cl2N2O2S/c1-12(2,3)19(18)16-10(4-5-17)9-6-8(13)7-15-11(9)14/h6-7,10,16-17H,4-5H2,1-3H3. The minimum absolute atomic E-state index is 0.0537. The van der Waals surface area contributed by atoms with Crippen LogP contribution in [0.2, 0.25) is 10.2 Å². The Balaban J connectivity index is 2.97. The van der Waals surface area contributed by atoms with Gasteiger partial charge in [-0.25, -0.2) is 4.98 Å². The predicted octanol–water partition coefficient (Wildman–Crippen LogP) is 2.86.